The summed E-state index contributed by atoms with van der Waals surface area (Å²) in [6, 6.07) is 13.7. The van der Waals surface area contributed by atoms with Gasteiger partial charge >= 0.3 is 0 Å². The van der Waals surface area contributed by atoms with Crippen molar-refractivity contribution in [2.75, 3.05) is 6.61 Å². The van der Waals surface area contributed by atoms with Crippen molar-refractivity contribution in [2.24, 2.45) is 0 Å². The molecule has 0 aliphatic heterocycles. The maximum Gasteiger partial charge on any atom is 0.261 e. The van der Waals surface area contributed by atoms with Gasteiger partial charge in [-0.1, -0.05) is 42.8 Å². The predicted molar refractivity (Wildman–Crippen MR) is 105 cm³/mol. The molecule has 1 amide bonds. The molecule has 0 unspecified atom stereocenters. The molecular weight excluding hydrogens is 326 g/mol. The normalized spacial score (nSPS) is 13.0. The Labute approximate surface area is 156 Å². The highest BCUT2D eigenvalue weighted by molar-refractivity contribution is 5.81. The molecule has 0 heterocycles. The number of ether oxygens (including phenoxy) is 2. The molecule has 0 spiro atoms. The van der Waals surface area contributed by atoms with Crippen molar-refractivity contribution in [3.05, 3.63) is 59.2 Å². The van der Waals surface area contributed by atoms with Crippen LogP contribution in [0.15, 0.2) is 42.5 Å². The average molecular weight is 355 g/mol. The third kappa shape index (κ3) is 5.51. The van der Waals surface area contributed by atoms with Crippen LogP contribution in [0.2, 0.25) is 0 Å². The van der Waals surface area contributed by atoms with Gasteiger partial charge in [-0.15, -0.1) is 0 Å². The molecule has 26 heavy (non-hydrogen) atoms. The molecule has 0 fully saturated rings. The number of aryl methyl sites for hydroxylation is 3. The minimum Gasteiger partial charge on any atom is -0.491 e. The summed E-state index contributed by atoms with van der Waals surface area (Å²) in [6.45, 7) is 10.3. The minimum absolute atomic E-state index is 0.112. The van der Waals surface area contributed by atoms with Gasteiger partial charge in [-0.2, -0.15) is 0 Å². The highest BCUT2D eigenvalue weighted by Gasteiger charge is 2.21. The van der Waals surface area contributed by atoms with E-state index in [2.05, 4.69) is 11.4 Å². The molecule has 4 heteroatoms. The van der Waals surface area contributed by atoms with Crippen LogP contribution in [0, 0.1) is 20.8 Å². The maximum absolute atomic E-state index is 12.6. The Bertz CT molecular complexity index is 742. The van der Waals surface area contributed by atoms with E-state index < -0.39 is 6.10 Å². The summed E-state index contributed by atoms with van der Waals surface area (Å²) >= 11 is 0. The lowest BCUT2D eigenvalue weighted by molar-refractivity contribution is -0.129. The van der Waals surface area contributed by atoms with Gasteiger partial charge in [0, 0.05) is 0 Å². The highest BCUT2D eigenvalue weighted by atomic mass is 16.5. The summed E-state index contributed by atoms with van der Waals surface area (Å²) < 4.78 is 11.7. The lowest BCUT2D eigenvalue weighted by Gasteiger charge is -2.22. The lowest BCUT2D eigenvalue weighted by atomic mass is 10.1. The number of hydrogen-bond donors (Lipinski definition) is 1. The second-order valence-corrected chi connectivity index (χ2v) is 6.77. The number of rotatable bonds is 8. The lowest BCUT2D eigenvalue weighted by Crippen LogP contribution is -2.44. The zero-order chi connectivity index (χ0) is 19.1. The van der Waals surface area contributed by atoms with E-state index in [0.717, 1.165) is 22.6 Å². The van der Waals surface area contributed by atoms with Crippen LogP contribution in [-0.2, 0) is 4.79 Å². The van der Waals surface area contributed by atoms with E-state index in [4.69, 9.17) is 9.47 Å². The van der Waals surface area contributed by atoms with Gasteiger partial charge in [0.15, 0.2) is 6.10 Å². The van der Waals surface area contributed by atoms with Crippen LogP contribution < -0.4 is 14.8 Å². The first-order valence-electron chi connectivity index (χ1n) is 9.13. The Morgan fingerprint density at radius 2 is 1.77 bits per heavy atom. The first kappa shape index (κ1) is 19.8. The number of para-hydroxylation sites is 1. The number of benzene rings is 2. The minimum atomic E-state index is -0.516. The SMILES string of the molecule is CC[C@H](Oc1ccc(C)cc1C)C(=O)N[C@@H](C)COc1ccccc1C. The zero-order valence-electron chi connectivity index (χ0n) is 16.3. The molecule has 0 bridgehead atoms. The van der Waals surface area contributed by atoms with E-state index in [9.17, 15) is 4.79 Å². The molecule has 0 saturated carbocycles. The smallest absolute Gasteiger partial charge is 0.261 e. The predicted octanol–water partition coefficient (Wildman–Crippen LogP) is 4.35. The highest BCUT2D eigenvalue weighted by Crippen LogP contribution is 2.21. The number of carbonyl (C=O) groups excluding carboxylic acids is 1. The number of amides is 1. The van der Waals surface area contributed by atoms with Crippen LogP contribution in [0.25, 0.3) is 0 Å². The summed E-state index contributed by atoms with van der Waals surface area (Å²) in [5.74, 6) is 1.47. The monoisotopic (exact) mass is 355 g/mol. The molecule has 0 aliphatic rings. The fourth-order valence-electron chi connectivity index (χ4n) is 2.72. The fraction of sp³-hybridized carbons (Fsp3) is 0.409. The van der Waals surface area contributed by atoms with Gasteiger partial charge < -0.3 is 14.8 Å². The molecule has 2 aromatic carbocycles. The Kier molecular flexibility index (Phi) is 7.07. The van der Waals surface area contributed by atoms with Crippen molar-refractivity contribution >= 4 is 5.91 Å². The molecule has 0 saturated heterocycles. The summed E-state index contributed by atoms with van der Waals surface area (Å²) in [4.78, 5) is 12.6. The summed E-state index contributed by atoms with van der Waals surface area (Å²) in [5, 5.41) is 2.98. The van der Waals surface area contributed by atoms with Gasteiger partial charge in [0.25, 0.3) is 5.91 Å². The largest absolute Gasteiger partial charge is 0.491 e. The fourth-order valence-corrected chi connectivity index (χ4v) is 2.72. The van der Waals surface area contributed by atoms with E-state index in [1.165, 1.54) is 5.56 Å². The standard InChI is InChI=1S/C22H29NO3/c1-6-19(26-21-12-11-15(2)13-17(21)4)22(24)23-18(5)14-25-20-10-8-7-9-16(20)3/h7-13,18-19H,6,14H2,1-5H3,(H,23,24)/t18-,19-/m0/s1. The summed E-state index contributed by atoms with van der Waals surface area (Å²) in [5.41, 5.74) is 3.29. The van der Waals surface area contributed by atoms with Crippen molar-refractivity contribution in [3.8, 4) is 11.5 Å². The number of hydrogen-bond acceptors (Lipinski definition) is 3. The molecule has 4 nitrogen and oxygen atoms in total. The summed E-state index contributed by atoms with van der Waals surface area (Å²) in [6.07, 6.45) is 0.0853. The van der Waals surface area contributed by atoms with Crippen LogP contribution in [0.4, 0.5) is 0 Å². The van der Waals surface area contributed by atoms with Gasteiger partial charge in [-0.25, -0.2) is 0 Å². The van der Waals surface area contributed by atoms with E-state index in [0.29, 0.717) is 13.0 Å². The number of nitrogens with one attached hydrogen (secondary N) is 1. The molecule has 140 valence electrons. The first-order chi connectivity index (χ1) is 12.4. The van der Waals surface area contributed by atoms with Crippen molar-refractivity contribution in [2.45, 2.75) is 53.2 Å². The van der Waals surface area contributed by atoms with Crippen LogP contribution in [0.1, 0.15) is 37.0 Å². The van der Waals surface area contributed by atoms with Crippen LogP contribution in [0.3, 0.4) is 0 Å². The second kappa shape index (κ2) is 9.27. The molecule has 0 aliphatic carbocycles. The third-order valence-corrected chi connectivity index (χ3v) is 4.23. The topological polar surface area (TPSA) is 47.6 Å². The Morgan fingerprint density at radius 3 is 2.42 bits per heavy atom. The Balaban J connectivity index is 1.90. The first-order valence-corrected chi connectivity index (χ1v) is 9.13. The maximum atomic E-state index is 12.6. The van der Waals surface area contributed by atoms with Crippen LogP contribution in [-0.4, -0.2) is 24.7 Å². The molecule has 0 radical (unpaired) electrons. The van der Waals surface area contributed by atoms with Gasteiger partial charge in [0.2, 0.25) is 0 Å². The Hall–Kier alpha value is -2.49. The van der Waals surface area contributed by atoms with Gasteiger partial charge in [-0.3, -0.25) is 4.79 Å². The molecule has 1 N–H and O–H groups in total. The molecule has 0 aromatic heterocycles. The van der Waals surface area contributed by atoms with Crippen LogP contribution in [0.5, 0.6) is 11.5 Å². The van der Waals surface area contributed by atoms with Gasteiger partial charge in [-0.05, 0) is 57.4 Å². The van der Waals surface area contributed by atoms with Crippen molar-refractivity contribution < 1.29 is 14.3 Å². The molecule has 2 atom stereocenters. The van der Waals surface area contributed by atoms with Crippen molar-refractivity contribution in [1.82, 2.24) is 5.32 Å². The van der Waals surface area contributed by atoms with Gasteiger partial charge in [0.05, 0.1) is 6.04 Å². The summed E-state index contributed by atoms with van der Waals surface area (Å²) in [7, 11) is 0. The van der Waals surface area contributed by atoms with Crippen molar-refractivity contribution in [1.29, 1.82) is 0 Å². The van der Waals surface area contributed by atoms with E-state index in [-0.39, 0.29) is 11.9 Å². The molecular formula is C22H29NO3. The zero-order valence-corrected chi connectivity index (χ0v) is 16.3. The third-order valence-electron chi connectivity index (χ3n) is 4.23. The second-order valence-electron chi connectivity index (χ2n) is 6.77. The molecule has 2 aromatic rings. The van der Waals surface area contributed by atoms with Gasteiger partial charge in [0.1, 0.15) is 18.1 Å². The van der Waals surface area contributed by atoms with Crippen molar-refractivity contribution in [3.63, 3.8) is 0 Å². The Morgan fingerprint density at radius 1 is 1.04 bits per heavy atom. The van der Waals surface area contributed by atoms with E-state index in [1.54, 1.807) is 0 Å². The quantitative estimate of drug-likeness (QED) is 0.766. The number of carbonyl (C=O) groups is 1. The molecule has 2 rings (SSSR count). The van der Waals surface area contributed by atoms with E-state index >= 15 is 0 Å². The average Bonchev–Trinajstić information content (AvgIpc) is 2.60. The van der Waals surface area contributed by atoms with Crippen LogP contribution >= 0.6 is 0 Å². The van der Waals surface area contributed by atoms with E-state index in [1.807, 2.05) is 71.0 Å².